The van der Waals surface area contributed by atoms with Gasteiger partial charge in [0.25, 0.3) is 11.5 Å². The number of piperidine rings is 2. The molecule has 3 aliphatic rings. The van der Waals surface area contributed by atoms with Crippen LogP contribution in [0.1, 0.15) is 47.0 Å². The second-order valence-corrected chi connectivity index (χ2v) is 17.0. The highest BCUT2D eigenvalue weighted by Crippen LogP contribution is 2.35. The summed E-state index contributed by atoms with van der Waals surface area (Å²) < 4.78 is 7.26. The van der Waals surface area contributed by atoms with Gasteiger partial charge in [0.2, 0.25) is 11.8 Å². The molecule has 2 amide bonds. The molecule has 3 aliphatic heterocycles. The van der Waals surface area contributed by atoms with E-state index in [2.05, 4.69) is 42.5 Å². The molecule has 14 nitrogen and oxygen atoms in total. The van der Waals surface area contributed by atoms with Crippen molar-refractivity contribution in [1.82, 2.24) is 44.9 Å². The van der Waals surface area contributed by atoms with Gasteiger partial charge in [0.1, 0.15) is 12.0 Å². The molecular formula is C46H50ClN9O5. The van der Waals surface area contributed by atoms with Gasteiger partial charge in [-0.3, -0.25) is 28.8 Å². The molecule has 3 saturated heterocycles. The second kappa shape index (κ2) is 17.8. The van der Waals surface area contributed by atoms with Gasteiger partial charge in [-0.1, -0.05) is 54.1 Å². The number of aliphatic hydroxyl groups is 1. The number of carbonyl (C=O) groups excluding carboxylic acids is 2. The highest BCUT2D eigenvalue weighted by atomic mass is 35.5. The summed E-state index contributed by atoms with van der Waals surface area (Å²) >= 11 is 6.28. The first-order chi connectivity index (χ1) is 29.7. The van der Waals surface area contributed by atoms with Gasteiger partial charge in [-0.2, -0.15) is 0 Å². The summed E-state index contributed by atoms with van der Waals surface area (Å²) in [6, 6.07) is 22.7. The van der Waals surface area contributed by atoms with Gasteiger partial charge >= 0.3 is 0 Å². The van der Waals surface area contributed by atoms with Crippen LogP contribution in [0.25, 0.3) is 33.1 Å². The van der Waals surface area contributed by atoms with Crippen molar-refractivity contribution >= 4 is 45.2 Å². The van der Waals surface area contributed by atoms with Crippen LogP contribution in [0.15, 0.2) is 101 Å². The molecule has 0 aliphatic carbocycles. The van der Waals surface area contributed by atoms with Crippen molar-refractivity contribution in [3.05, 3.63) is 124 Å². The van der Waals surface area contributed by atoms with Crippen molar-refractivity contribution in [1.29, 1.82) is 0 Å². The van der Waals surface area contributed by atoms with E-state index in [-0.39, 0.29) is 35.8 Å². The Hall–Kier alpha value is -5.51. The highest BCUT2D eigenvalue weighted by Gasteiger charge is 2.41. The largest absolute Gasteiger partial charge is 0.447 e. The number of pyridine rings is 1. The molecule has 61 heavy (non-hydrogen) atoms. The van der Waals surface area contributed by atoms with Gasteiger partial charge in [0.15, 0.2) is 0 Å². The molecular weight excluding hydrogens is 794 g/mol. The molecule has 3 aromatic heterocycles. The molecule has 0 radical (unpaired) electrons. The van der Waals surface area contributed by atoms with E-state index in [1.165, 1.54) is 10.9 Å². The van der Waals surface area contributed by atoms with E-state index in [1.807, 2.05) is 41.3 Å². The number of hydrogen-bond acceptors (Lipinski definition) is 11. The number of nitrogens with zero attached hydrogens (tertiary/aromatic N) is 7. The molecule has 0 bridgehead atoms. The molecule has 0 saturated carbocycles. The van der Waals surface area contributed by atoms with Crippen LogP contribution in [-0.2, 0) is 17.9 Å². The molecule has 9 rings (SSSR count). The van der Waals surface area contributed by atoms with Gasteiger partial charge in [-0.25, -0.2) is 9.97 Å². The third-order valence-electron chi connectivity index (χ3n) is 12.6. The van der Waals surface area contributed by atoms with Crippen molar-refractivity contribution < 1.29 is 19.1 Å². The average molecular weight is 844 g/mol. The van der Waals surface area contributed by atoms with Crippen LogP contribution < -0.4 is 16.2 Å². The van der Waals surface area contributed by atoms with E-state index in [1.54, 1.807) is 36.7 Å². The lowest BCUT2D eigenvalue weighted by Gasteiger charge is -2.43. The zero-order valence-electron chi connectivity index (χ0n) is 34.0. The van der Waals surface area contributed by atoms with E-state index < -0.39 is 5.60 Å². The lowest BCUT2D eigenvalue weighted by Crippen LogP contribution is -2.53. The molecule has 2 atom stereocenters. The Morgan fingerprint density at radius 3 is 2.52 bits per heavy atom. The summed E-state index contributed by atoms with van der Waals surface area (Å²) in [4.78, 5) is 61.2. The minimum absolute atomic E-state index is 0.0262. The van der Waals surface area contributed by atoms with Crippen LogP contribution >= 0.6 is 11.6 Å². The lowest BCUT2D eigenvalue weighted by molar-refractivity contribution is -0.142. The van der Waals surface area contributed by atoms with Crippen LogP contribution in [0.3, 0.4) is 0 Å². The zero-order valence-corrected chi connectivity index (χ0v) is 34.8. The number of aromatic nitrogens is 4. The standard InChI is InChI=1S/C46H50ClN9O5/c47-38-10-14-49-39-25-33(7-8-35(38)39)43(57)50-17-23-53-18-11-34(37(26-53)31-4-2-1-3-5-31)44(58)55-19-12-46(60,13-20-55)29-56-30-51-40-24-32(6-9-36(40)45(56)59)41-28-61-42(52-41)27-54-21-15-48-16-22-54/h1-10,14,24-25,28,30,34,37,48,60H,11-13,15-23,26-27,29H2,(H,50,57)/t34-,37+/m1/s1. The van der Waals surface area contributed by atoms with Crippen molar-refractivity contribution in [2.45, 2.75) is 43.9 Å². The first kappa shape index (κ1) is 40.9. The van der Waals surface area contributed by atoms with Gasteiger partial charge in [-0.05, 0) is 61.7 Å². The molecule has 0 spiro atoms. The van der Waals surface area contributed by atoms with Crippen molar-refractivity contribution in [2.24, 2.45) is 5.92 Å². The Morgan fingerprint density at radius 2 is 1.70 bits per heavy atom. The summed E-state index contributed by atoms with van der Waals surface area (Å²) in [5.74, 6) is 0.331. The summed E-state index contributed by atoms with van der Waals surface area (Å²) in [6.45, 7) is 7.83. The van der Waals surface area contributed by atoms with Crippen LogP contribution in [0, 0.1) is 5.92 Å². The number of halogens is 1. The molecule has 3 N–H and O–H groups in total. The number of oxazole rings is 1. The summed E-state index contributed by atoms with van der Waals surface area (Å²) in [6.07, 6.45) is 6.15. The summed E-state index contributed by atoms with van der Waals surface area (Å²) in [5.41, 5.74) is 2.97. The maximum atomic E-state index is 14.3. The SMILES string of the molecule is O=C(NCCN1CC[C@@H](C(=O)N2CCC(O)(Cn3cnc4cc(-c5coc(CN6CCNCC6)n5)ccc4c3=O)CC2)[C@H](c2ccccc2)C1)c1ccc2c(Cl)ccnc2c1. The molecule has 316 valence electrons. The summed E-state index contributed by atoms with van der Waals surface area (Å²) in [7, 11) is 0. The minimum Gasteiger partial charge on any atom is -0.447 e. The maximum absolute atomic E-state index is 14.3. The molecule has 6 aromatic rings. The number of benzene rings is 3. The Kier molecular flexibility index (Phi) is 12.0. The van der Waals surface area contributed by atoms with Crippen molar-refractivity contribution in [3.8, 4) is 11.3 Å². The third kappa shape index (κ3) is 9.09. The maximum Gasteiger partial charge on any atom is 0.261 e. The van der Waals surface area contributed by atoms with Gasteiger partial charge in [0.05, 0.1) is 46.5 Å². The molecule has 6 heterocycles. The first-order valence-corrected chi connectivity index (χ1v) is 21.6. The Balaban J connectivity index is 0.801. The van der Waals surface area contributed by atoms with Crippen LogP contribution in [-0.4, -0.2) is 122 Å². The molecule has 15 heteroatoms. The van der Waals surface area contributed by atoms with Gasteiger partial charge < -0.3 is 30.0 Å². The average Bonchev–Trinajstić information content (AvgIpc) is 3.76. The van der Waals surface area contributed by atoms with E-state index in [9.17, 15) is 19.5 Å². The second-order valence-electron chi connectivity index (χ2n) is 16.6. The fraction of sp³-hybridized carbons (Fsp3) is 0.391. The number of likely N-dealkylation sites (tertiary alicyclic amines) is 2. The number of fused-ring (bicyclic) bond motifs is 2. The fourth-order valence-corrected chi connectivity index (χ4v) is 9.32. The number of amides is 2. The van der Waals surface area contributed by atoms with Crippen LogP contribution in [0.2, 0.25) is 5.02 Å². The third-order valence-corrected chi connectivity index (χ3v) is 12.9. The van der Waals surface area contributed by atoms with Crippen LogP contribution in [0.5, 0.6) is 0 Å². The predicted octanol–water partition coefficient (Wildman–Crippen LogP) is 4.55. The van der Waals surface area contributed by atoms with Gasteiger partial charge in [0, 0.05) is 93.4 Å². The summed E-state index contributed by atoms with van der Waals surface area (Å²) in [5, 5.41) is 20.0. The lowest BCUT2D eigenvalue weighted by atomic mass is 9.79. The number of rotatable bonds is 11. The highest BCUT2D eigenvalue weighted by molar-refractivity contribution is 6.35. The predicted molar refractivity (Wildman–Crippen MR) is 233 cm³/mol. The normalized spacial score (nSPS) is 19.9. The Labute approximate surface area is 358 Å². The first-order valence-electron chi connectivity index (χ1n) is 21.2. The van der Waals surface area contributed by atoms with E-state index in [0.29, 0.717) is 97.1 Å². The number of carbonyl (C=O) groups is 2. The molecule has 3 fully saturated rings. The number of piperazine rings is 1. The zero-order chi connectivity index (χ0) is 41.9. The van der Waals surface area contributed by atoms with E-state index in [0.717, 1.165) is 49.2 Å². The van der Waals surface area contributed by atoms with E-state index in [4.69, 9.17) is 21.0 Å². The molecule has 3 aromatic carbocycles. The topological polar surface area (TPSA) is 162 Å². The molecule has 0 unspecified atom stereocenters. The van der Waals surface area contributed by atoms with E-state index >= 15 is 0 Å². The number of hydrogen-bond donors (Lipinski definition) is 3. The quantitative estimate of drug-likeness (QED) is 0.168. The Bertz CT molecular complexity index is 2590. The fourth-order valence-electron chi connectivity index (χ4n) is 9.10. The van der Waals surface area contributed by atoms with Gasteiger partial charge in [-0.15, -0.1) is 0 Å². The Morgan fingerprint density at radius 1 is 0.918 bits per heavy atom. The minimum atomic E-state index is -1.17. The van der Waals surface area contributed by atoms with Crippen molar-refractivity contribution in [3.63, 3.8) is 0 Å². The van der Waals surface area contributed by atoms with Crippen LogP contribution in [0.4, 0.5) is 0 Å². The smallest absolute Gasteiger partial charge is 0.261 e. The van der Waals surface area contributed by atoms with Crippen molar-refractivity contribution in [2.75, 3.05) is 65.4 Å². The number of nitrogens with one attached hydrogen (secondary N) is 2. The monoisotopic (exact) mass is 843 g/mol.